The monoisotopic (exact) mass is 293 g/mol. The molecular formula is C17H12FN3O. The molecule has 0 fully saturated rings. The molecule has 3 aromatic rings. The lowest BCUT2D eigenvalue weighted by atomic mass is 10.1. The number of amides is 1. The first kappa shape index (κ1) is 13.8. The van der Waals surface area contributed by atoms with E-state index in [9.17, 15) is 9.18 Å². The van der Waals surface area contributed by atoms with Crippen molar-refractivity contribution >= 4 is 11.4 Å². The summed E-state index contributed by atoms with van der Waals surface area (Å²) in [4.78, 5) is 16.6. The van der Waals surface area contributed by atoms with Crippen molar-refractivity contribution in [1.82, 2.24) is 14.7 Å². The van der Waals surface area contributed by atoms with Crippen molar-refractivity contribution in [2.45, 2.75) is 0 Å². The van der Waals surface area contributed by atoms with Crippen LogP contribution in [0.5, 0.6) is 0 Å². The highest BCUT2D eigenvalue weighted by molar-refractivity contribution is 5.94. The second kappa shape index (κ2) is 5.70. The molecule has 5 heteroatoms. The van der Waals surface area contributed by atoms with E-state index in [0.29, 0.717) is 5.69 Å². The third kappa shape index (κ3) is 2.42. The maximum absolute atomic E-state index is 13.1. The third-order valence-electron chi connectivity index (χ3n) is 3.22. The van der Waals surface area contributed by atoms with Crippen molar-refractivity contribution in [2.24, 2.45) is 0 Å². The summed E-state index contributed by atoms with van der Waals surface area (Å²) in [5.74, 6) is 1.92. The molecule has 0 aliphatic carbocycles. The number of carbonyl (C=O) groups is 1. The fraction of sp³-hybridized carbons (Fsp3) is 0.0588. The van der Waals surface area contributed by atoms with Crippen molar-refractivity contribution in [3.8, 4) is 23.6 Å². The first-order valence-electron chi connectivity index (χ1n) is 6.65. The Labute approximate surface area is 126 Å². The van der Waals surface area contributed by atoms with Crippen molar-refractivity contribution in [1.29, 1.82) is 0 Å². The Balaban J connectivity index is 2.14. The smallest absolute Gasteiger partial charge is 0.288 e. The van der Waals surface area contributed by atoms with E-state index in [1.54, 1.807) is 28.8 Å². The Morgan fingerprint density at radius 1 is 1.27 bits per heavy atom. The summed E-state index contributed by atoms with van der Waals surface area (Å²) in [6.07, 6.45) is 6.90. The quantitative estimate of drug-likeness (QED) is 0.754. The molecule has 108 valence electrons. The summed E-state index contributed by atoms with van der Waals surface area (Å²) in [5.41, 5.74) is 2.12. The van der Waals surface area contributed by atoms with Crippen LogP contribution in [0.1, 0.15) is 10.6 Å². The Morgan fingerprint density at radius 3 is 2.77 bits per heavy atom. The maximum atomic E-state index is 13.1. The summed E-state index contributed by atoms with van der Waals surface area (Å²) < 4.78 is 14.8. The maximum Gasteiger partial charge on any atom is 0.288 e. The van der Waals surface area contributed by atoms with Gasteiger partial charge in [0.25, 0.3) is 5.91 Å². The highest BCUT2D eigenvalue weighted by atomic mass is 19.1. The highest BCUT2D eigenvalue weighted by Gasteiger charge is 2.17. The Kier molecular flexibility index (Phi) is 3.58. The lowest BCUT2D eigenvalue weighted by Crippen LogP contribution is -2.25. The van der Waals surface area contributed by atoms with E-state index in [1.807, 2.05) is 12.1 Å². The second-order valence-electron chi connectivity index (χ2n) is 4.63. The van der Waals surface area contributed by atoms with E-state index in [-0.39, 0.29) is 24.1 Å². The molecule has 0 aliphatic heterocycles. The molecule has 1 aromatic carbocycles. The molecule has 0 radical (unpaired) electrons. The number of fused-ring (bicyclic) bond motifs is 1. The average molecular weight is 293 g/mol. The highest BCUT2D eigenvalue weighted by Crippen LogP contribution is 2.25. The molecule has 1 amide bonds. The average Bonchev–Trinajstić information content (AvgIpc) is 2.93. The number of hydrogen-bond donors (Lipinski definition) is 1. The van der Waals surface area contributed by atoms with Crippen LogP contribution < -0.4 is 5.32 Å². The van der Waals surface area contributed by atoms with Crippen LogP contribution in [0.3, 0.4) is 0 Å². The Morgan fingerprint density at radius 2 is 2.05 bits per heavy atom. The van der Waals surface area contributed by atoms with Gasteiger partial charge in [0.1, 0.15) is 5.82 Å². The minimum Gasteiger partial charge on any atom is -0.338 e. The van der Waals surface area contributed by atoms with E-state index in [2.05, 4.69) is 16.2 Å². The van der Waals surface area contributed by atoms with Gasteiger partial charge in [-0.05, 0) is 36.4 Å². The molecule has 0 spiro atoms. The van der Waals surface area contributed by atoms with Crippen LogP contribution in [0.2, 0.25) is 0 Å². The van der Waals surface area contributed by atoms with Crippen molar-refractivity contribution in [3.63, 3.8) is 0 Å². The van der Waals surface area contributed by atoms with Crippen LogP contribution in [-0.2, 0) is 0 Å². The standard InChI is InChI=1S/C17H12FN3O/c1-2-10-19-17(22)16-20-15(12-6-8-13(18)9-7-12)14-5-3-4-11-21(14)16/h1,3-9,11H,10H2,(H,19,22). The van der Waals surface area contributed by atoms with Gasteiger partial charge in [-0.2, -0.15) is 0 Å². The molecule has 0 atom stereocenters. The predicted octanol–water partition coefficient (Wildman–Crippen LogP) is 2.50. The number of halogens is 1. The molecule has 3 rings (SSSR count). The van der Waals surface area contributed by atoms with Crippen LogP contribution in [0.4, 0.5) is 4.39 Å². The van der Waals surface area contributed by atoms with Crippen LogP contribution >= 0.6 is 0 Å². The fourth-order valence-corrected chi connectivity index (χ4v) is 2.23. The van der Waals surface area contributed by atoms with Crippen molar-refractivity contribution in [3.05, 3.63) is 60.3 Å². The number of terminal acetylenes is 1. The van der Waals surface area contributed by atoms with Crippen LogP contribution in [0.25, 0.3) is 16.8 Å². The predicted molar refractivity (Wildman–Crippen MR) is 81.8 cm³/mol. The second-order valence-corrected chi connectivity index (χ2v) is 4.63. The zero-order valence-corrected chi connectivity index (χ0v) is 11.6. The van der Waals surface area contributed by atoms with Crippen LogP contribution in [0, 0.1) is 18.2 Å². The minimum absolute atomic E-state index is 0.131. The van der Waals surface area contributed by atoms with Crippen molar-refractivity contribution in [2.75, 3.05) is 6.54 Å². The first-order chi connectivity index (χ1) is 10.7. The van der Waals surface area contributed by atoms with E-state index < -0.39 is 0 Å². The number of benzene rings is 1. The molecule has 2 aromatic heterocycles. The number of pyridine rings is 1. The summed E-state index contributed by atoms with van der Waals surface area (Å²) in [5, 5.41) is 2.60. The zero-order valence-electron chi connectivity index (χ0n) is 11.6. The van der Waals surface area contributed by atoms with Gasteiger partial charge in [-0.3, -0.25) is 9.20 Å². The zero-order chi connectivity index (χ0) is 15.5. The van der Waals surface area contributed by atoms with Crippen LogP contribution in [-0.4, -0.2) is 21.8 Å². The van der Waals surface area contributed by atoms with Gasteiger partial charge in [0, 0.05) is 11.8 Å². The third-order valence-corrected chi connectivity index (χ3v) is 3.22. The van der Waals surface area contributed by atoms with Gasteiger partial charge in [-0.1, -0.05) is 12.0 Å². The van der Waals surface area contributed by atoms with Gasteiger partial charge in [0.05, 0.1) is 17.8 Å². The summed E-state index contributed by atoms with van der Waals surface area (Å²) >= 11 is 0. The van der Waals surface area contributed by atoms with E-state index in [4.69, 9.17) is 6.42 Å². The van der Waals surface area contributed by atoms with E-state index in [1.165, 1.54) is 12.1 Å². The lowest BCUT2D eigenvalue weighted by Gasteiger charge is -2.00. The largest absolute Gasteiger partial charge is 0.338 e. The molecular weight excluding hydrogens is 281 g/mol. The molecule has 0 aliphatic rings. The molecule has 4 nitrogen and oxygen atoms in total. The molecule has 1 N–H and O–H groups in total. The summed E-state index contributed by atoms with van der Waals surface area (Å²) in [6.45, 7) is 0.131. The minimum atomic E-state index is -0.354. The van der Waals surface area contributed by atoms with Gasteiger partial charge >= 0.3 is 0 Å². The van der Waals surface area contributed by atoms with Gasteiger partial charge in [-0.15, -0.1) is 6.42 Å². The number of rotatable bonds is 3. The molecule has 0 bridgehead atoms. The number of hydrogen-bond acceptors (Lipinski definition) is 2. The van der Waals surface area contributed by atoms with Gasteiger partial charge in [0.2, 0.25) is 5.82 Å². The topological polar surface area (TPSA) is 46.4 Å². The van der Waals surface area contributed by atoms with Crippen molar-refractivity contribution < 1.29 is 9.18 Å². The van der Waals surface area contributed by atoms with E-state index >= 15 is 0 Å². The van der Waals surface area contributed by atoms with E-state index in [0.717, 1.165) is 11.1 Å². The van der Waals surface area contributed by atoms with Gasteiger partial charge < -0.3 is 5.32 Å². The summed E-state index contributed by atoms with van der Waals surface area (Å²) in [7, 11) is 0. The summed E-state index contributed by atoms with van der Waals surface area (Å²) in [6, 6.07) is 11.5. The molecule has 0 unspecified atom stereocenters. The SMILES string of the molecule is C#CCNC(=O)c1nc(-c2ccc(F)cc2)c2ccccn12. The fourth-order valence-electron chi connectivity index (χ4n) is 2.23. The molecule has 22 heavy (non-hydrogen) atoms. The molecule has 0 saturated carbocycles. The Bertz CT molecular complexity index is 875. The number of carbonyl (C=O) groups excluding carboxylic acids is 1. The number of imidazole rings is 1. The number of nitrogens with zero attached hydrogens (tertiary/aromatic N) is 2. The molecule has 0 saturated heterocycles. The Hall–Kier alpha value is -3.13. The van der Waals surface area contributed by atoms with Gasteiger partial charge in [-0.25, -0.2) is 9.37 Å². The first-order valence-corrected chi connectivity index (χ1v) is 6.65. The normalized spacial score (nSPS) is 10.4. The van der Waals surface area contributed by atoms with Crippen LogP contribution in [0.15, 0.2) is 48.7 Å². The number of nitrogens with one attached hydrogen (secondary N) is 1. The molecule has 2 heterocycles. The lowest BCUT2D eigenvalue weighted by molar-refractivity contribution is 0.0948. The van der Waals surface area contributed by atoms with Gasteiger partial charge in [0.15, 0.2) is 0 Å². The number of aromatic nitrogens is 2.